The first-order valence-corrected chi connectivity index (χ1v) is 7.91. The molecule has 0 aliphatic heterocycles. The SMILES string of the molecule is O=C(NCCCc1ccc(O)cc1)c1cc2ccccc2cc1O. The summed E-state index contributed by atoms with van der Waals surface area (Å²) in [7, 11) is 0. The van der Waals surface area contributed by atoms with Gasteiger partial charge >= 0.3 is 0 Å². The van der Waals surface area contributed by atoms with Gasteiger partial charge in [-0.25, -0.2) is 0 Å². The number of hydrogen-bond donors (Lipinski definition) is 3. The van der Waals surface area contributed by atoms with Gasteiger partial charge < -0.3 is 15.5 Å². The minimum absolute atomic E-state index is 0.00951. The smallest absolute Gasteiger partial charge is 0.255 e. The van der Waals surface area contributed by atoms with Gasteiger partial charge in [-0.15, -0.1) is 0 Å². The molecule has 24 heavy (non-hydrogen) atoms. The molecule has 0 saturated carbocycles. The monoisotopic (exact) mass is 321 g/mol. The number of rotatable bonds is 5. The van der Waals surface area contributed by atoms with E-state index in [0.717, 1.165) is 29.2 Å². The summed E-state index contributed by atoms with van der Waals surface area (Å²) in [6.07, 6.45) is 1.59. The number of amides is 1. The Labute approximate surface area is 140 Å². The number of hydrogen-bond acceptors (Lipinski definition) is 3. The second kappa shape index (κ2) is 7.04. The standard InChI is InChI=1S/C20H19NO3/c22-17-9-7-14(8-10-17)4-3-11-21-20(24)18-12-15-5-1-2-6-16(15)13-19(18)23/h1-2,5-10,12-13,22-23H,3-4,11H2,(H,21,24). The zero-order valence-corrected chi connectivity index (χ0v) is 13.2. The molecule has 3 aromatic rings. The van der Waals surface area contributed by atoms with Gasteiger partial charge in [-0.2, -0.15) is 0 Å². The van der Waals surface area contributed by atoms with Gasteiger partial charge in [0.25, 0.3) is 5.91 Å². The molecule has 0 aromatic heterocycles. The van der Waals surface area contributed by atoms with Crippen LogP contribution in [-0.4, -0.2) is 22.7 Å². The molecule has 0 heterocycles. The zero-order valence-electron chi connectivity index (χ0n) is 13.2. The van der Waals surface area contributed by atoms with E-state index in [2.05, 4.69) is 5.32 Å². The molecule has 0 spiro atoms. The Morgan fingerprint density at radius 2 is 1.58 bits per heavy atom. The molecule has 4 heteroatoms. The van der Waals surface area contributed by atoms with Crippen LogP contribution in [0.25, 0.3) is 10.8 Å². The lowest BCUT2D eigenvalue weighted by molar-refractivity contribution is 0.0950. The summed E-state index contributed by atoms with van der Waals surface area (Å²) in [5, 5.41) is 24.0. The van der Waals surface area contributed by atoms with Crippen LogP contribution in [0.4, 0.5) is 0 Å². The van der Waals surface area contributed by atoms with E-state index in [1.54, 1.807) is 24.3 Å². The van der Waals surface area contributed by atoms with Gasteiger partial charge in [0.1, 0.15) is 11.5 Å². The third kappa shape index (κ3) is 3.66. The van der Waals surface area contributed by atoms with Crippen molar-refractivity contribution < 1.29 is 15.0 Å². The predicted octanol–water partition coefficient (Wildman–Crippen LogP) is 3.61. The van der Waals surface area contributed by atoms with E-state index in [1.807, 2.05) is 36.4 Å². The highest BCUT2D eigenvalue weighted by molar-refractivity contribution is 6.01. The second-order valence-electron chi connectivity index (χ2n) is 5.74. The Hall–Kier alpha value is -3.01. The van der Waals surface area contributed by atoms with Gasteiger partial charge in [0.15, 0.2) is 0 Å². The normalized spacial score (nSPS) is 10.7. The van der Waals surface area contributed by atoms with E-state index < -0.39 is 0 Å². The van der Waals surface area contributed by atoms with Crippen LogP contribution in [0, 0.1) is 0 Å². The van der Waals surface area contributed by atoms with Crippen molar-refractivity contribution in [2.24, 2.45) is 0 Å². The number of nitrogens with one attached hydrogen (secondary N) is 1. The van der Waals surface area contributed by atoms with Gasteiger partial charge in [0.05, 0.1) is 5.56 Å². The van der Waals surface area contributed by atoms with Crippen LogP contribution in [-0.2, 0) is 6.42 Å². The maximum Gasteiger partial charge on any atom is 0.255 e. The number of phenolic OH excluding ortho intramolecular Hbond substituents is 2. The molecule has 0 saturated heterocycles. The molecular formula is C20H19NO3. The lowest BCUT2D eigenvalue weighted by Crippen LogP contribution is -2.24. The Morgan fingerprint density at radius 3 is 2.29 bits per heavy atom. The van der Waals surface area contributed by atoms with Crippen molar-refractivity contribution in [2.75, 3.05) is 6.54 Å². The van der Waals surface area contributed by atoms with Crippen LogP contribution in [0.5, 0.6) is 11.5 Å². The van der Waals surface area contributed by atoms with Crippen molar-refractivity contribution in [3.8, 4) is 11.5 Å². The molecular weight excluding hydrogens is 302 g/mol. The molecule has 1 amide bonds. The van der Waals surface area contributed by atoms with E-state index in [-0.39, 0.29) is 17.4 Å². The molecule has 0 radical (unpaired) electrons. The van der Waals surface area contributed by atoms with Crippen LogP contribution < -0.4 is 5.32 Å². The minimum atomic E-state index is -0.274. The predicted molar refractivity (Wildman–Crippen MR) is 94.4 cm³/mol. The number of benzene rings is 3. The molecule has 0 atom stereocenters. The summed E-state index contributed by atoms with van der Waals surface area (Å²) in [5.41, 5.74) is 1.40. The summed E-state index contributed by atoms with van der Waals surface area (Å²) >= 11 is 0. The lowest BCUT2D eigenvalue weighted by atomic mass is 10.1. The molecule has 0 unspecified atom stereocenters. The second-order valence-corrected chi connectivity index (χ2v) is 5.74. The molecule has 122 valence electrons. The summed E-state index contributed by atoms with van der Waals surface area (Å²) in [6.45, 7) is 0.520. The summed E-state index contributed by atoms with van der Waals surface area (Å²) in [6, 6.07) is 18.0. The Kier molecular flexibility index (Phi) is 4.66. The maximum absolute atomic E-state index is 12.3. The van der Waals surface area contributed by atoms with Gasteiger partial charge in [0, 0.05) is 6.54 Å². The number of aromatic hydroxyl groups is 2. The topological polar surface area (TPSA) is 69.6 Å². The number of carbonyl (C=O) groups is 1. The molecule has 0 fully saturated rings. The number of phenols is 2. The van der Waals surface area contributed by atoms with E-state index in [0.29, 0.717) is 12.1 Å². The Morgan fingerprint density at radius 1 is 0.917 bits per heavy atom. The fraction of sp³-hybridized carbons (Fsp3) is 0.150. The van der Waals surface area contributed by atoms with Gasteiger partial charge in [0.2, 0.25) is 0 Å². The average Bonchev–Trinajstić information content (AvgIpc) is 2.59. The number of carbonyl (C=O) groups excluding carboxylic acids is 1. The van der Waals surface area contributed by atoms with Crippen LogP contribution in [0.3, 0.4) is 0 Å². The quantitative estimate of drug-likeness (QED) is 0.629. The first-order valence-electron chi connectivity index (χ1n) is 7.91. The summed E-state index contributed by atoms with van der Waals surface area (Å²) in [5.74, 6) is -0.0347. The molecule has 0 bridgehead atoms. The molecule has 4 nitrogen and oxygen atoms in total. The van der Waals surface area contributed by atoms with Crippen LogP contribution in [0.15, 0.2) is 60.7 Å². The van der Waals surface area contributed by atoms with E-state index in [1.165, 1.54) is 0 Å². The molecule has 0 aliphatic carbocycles. The van der Waals surface area contributed by atoms with Crippen molar-refractivity contribution in [1.29, 1.82) is 0 Å². The first kappa shape index (κ1) is 15.9. The van der Waals surface area contributed by atoms with Crippen molar-refractivity contribution in [1.82, 2.24) is 5.32 Å². The summed E-state index contributed by atoms with van der Waals surface area (Å²) < 4.78 is 0. The number of aryl methyl sites for hydroxylation is 1. The highest BCUT2D eigenvalue weighted by Crippen LogP contribution is 2.24. The highest BCUT2D eigenvalue weighted by atomic mass is 16.3. The van der Waals surface area contributed by atoms with Crippen molar-refractivity contribution in [3.05, 3.63) is 71.8 Å². The third-order valence-corrected chi connectivity index (χ3v) is 3.97. The average molecular weight is 321 g/mol. The first-order chi connectivity index (χ1) is 11.6. The van der Waals surface area contributed by atoms with Crippen molar-refractivity contribution >= 4 is 16.7 Å². The van der Waals surface area contributed by atoms with Gasteiger partial charge in [-0.05, 0) is 53.4 Å². The molecule has 3 aromatic carbocycles. The van der Waals surface area contributed by atoms with E-state index >= 15 is 0 Å². The van der Waals surface area contributed by atoms with Gasteiger partial charge in [-0.3, -0.25) is 4.79 Å². The van der Waals surface area contributed by atoms with Crippen molar-refractivity contribution in [2.45, 2.75) is 12.8 Å². The van der Waals surface area contributed by atoms with Crippen LogP contribution in [0.2, 0.25) is 0 Å². The fourth-order valence-electron chi connectivity index (χ4n) is 2.66. The largest absolute Gasteiger partial charge is 0.508 e. The molecule has 3 N–H and O–H groups in total. The number of fused-ring (bicyclic) bond motifs is 1. The third-order valence-electron chi connectivity index (χ3n) is 3.97. The highest BCUT2D eigenvalue weighted by Gasteiger charge is 2.11. The van der Waals surface area contributed by atoms with Gasteiger partial charge in [-0.1, -0.05) is 36.4 Å². The molecule has 3 rings (SSSR count). The van der Waals surface area contributed by atoms with E-state index in [4.69, 9.17) is 0 Å². The fourth-order valence-corrected chi connectivity index (χ4v) is 2.66. The van der Waals surface area contributed by atoms with Crippen LogP contribution >= 0.6 is 0 Å². The minimum Gasteiger partial charge on any atom is -0.508 e. The maximum atomic E-state index is 12.3. The molecule has 0 aliphatic rings. The van der Waals surface area contributed by atoms with E-state index in [9.17, 15) is 15.0 Å². The Bertz CT molecular complexity index is 856. The lowest BCUT2D eigenvalue weighted by Gasteiger charge is -2.08. The summed E-state index contributed by atoms with van der Waals surface area (Å²) in [4.78, 5) is 12.3. The zero-order chi connectivity index (χ0) is 16.9. The Balaban J connectivity index is 1.59. The van der Waals surface area contributed by atoms with Crippen LogP contribution in [0.1, 0.15) is 22.3 Å². The van der Waals surface area contributed by atoms with Crippen molar-refractivity contribution in [3.63, 3.8) is 0 Å².